The number of thioether (sulfide) groups is 1. The average molecular weight is 324 g/mol. The van der Waals surface area contributed by atoms with Crippen LogP contribution in [0, 0.1) is 6.92 Å². The van der Waals surface area contributed by atoms with Crippen LogP contribution in [0.15, 0.2) is 29.3 Å². The van der Waals surface area contributed by atoms with Gasteiger partial charge in [-0.15, -0.1) is 0 Å². The second-order valence-corrected chi connectivity index (χ2v) is 6.24. The van der Waals surface area contributed by atoms with Gasteiger partial charge in [0, 0.05) is 20.6 Å². The summed E-state index contributed by atoms with van der Waals surface area (Å²) in [5.41, 5.74) is 1.25. The summed E-state index contributed by atoms with van der Waals surface area (Å²) in [6.45, 7) is 4.49. The molecule has 1 N–H and O–H groups in total. The summed E-state index contributed by atoms with van der Waals surface area (Å²) < 4.78 is 5.76. The van der Waals surface area contributed by atoms with Crippen LogP contribution in [0.5, 0.6) is 5.75 Å². The molecule has 0 aliphatic rings. The Morgan fingerprint density at radius 1 is 1.27 bits per heavy atom. The number of aliphatic imine (C=N–C) groups is 1. The van der Waals surface area contributed by atoms with Crippen molar-refractivity contribution in [3.63, 3.8) is 0 Å². The highest BCUT2D eigenvalue weighted by atomic mass is 32.2. The zero-order chi connectivity index (χ0) is 16.2. The Labute approximate surface area is 139 Å². The summed E-state index contributed by atoms with van der Waals surface area (Å²) >= 11 is 1.90. The molecule has 1 aromatic rings. The minimum absolute atomic E-state index is 0.646. The van der Waals surface area contributed by atoms with E-state index < -0.39 is 0 Å². The van der Waals surface area contributed by atoms with Crippen molar-refractivity contribution in [1.29, 1.82) is 0 Å². The number of nitrogens with zero attached hydrogens (tertiary/aromatic N) is 2. The number of nitrogens with one attached hydrogen (secondary N) is 1. The first-order chi connectivity index (χ1) is 10.7. The molecule has 0 aliphatic heterocycles. The fraction of sp³-hybridized carbons (Fsp3) is 0.588. The van der Waals surface area contributed by atoms with Crippen LogP contribution >= 0.6 is 11.8 Å². The van der Waals surface area contributed by atoms with Crippen molar-refractivity contribution >= 4 is 17.7 Å². The van der Waals surface area contributed by atoms with Gasteiger partial charge >= 0.3 is 0 Å². The standard InChI is InChI=1S/C17H29N3OS/c1-15-7-9-16(10-8-15)21-13-12-20(3)17(18-2)19-11-5-6-14-22-4/h7-10H,5-6,11-14H2,1-4H3,(H,18,19). The van der Waals surface area contributed by atoms with Crippen LogP contribution in [0.4, 0.5) is 0 Å². The van der Waals surface area contributed by atoms with Gasteiger partial charge in [0.2, 0.25) is 0 Å². The van der Waals surface area contributed by atoms with Gasteiger partial charge in [-0.1, -0.05) is 17.7 Å². The highest BCUT2D eigenvalue weighted by Gasteiger charge is 2.05. The molecular weight excluding hydrogens is 294 g/mol. The van der Waals surface area contributed by atoms with Gasteiger partial charge in [-0.2, -0.15) is 11.8 Å². The number of hydrogen-bond acceptors (Lipinski definition) is 3. The summed E-state index contributed by atoms with van der Waals surface area (Å²) in [5, 5.41) is 3.40. The summed E-state index contributed by atoms with van der Waals surface area (Å²) in [5.74, 6) is 3.07. The van der Waals surface area contributed by atoms with Crippen LogP contribution < -0.4 is 10.1 Å². The smallest absolute Gasteiger partial charge is 0.193 e. The molecule has 0 atom stereocenters. The zero-order valence-corrected chi connectivity index (χ0v) is 15.1. The molecule has 124 valence electrons. The van der Waals surface area contributed by atoms with Crippen molar-refractivity contribution in [2.45, 2.75) is 19.8 Å². The molecule has 1 rings (SSSR count). The van der Waals surface area contributed by atoms with Crippen molar-refractivity contribution in [3.05, 3.63) is 29.8 Å². The highest BCUT2D eigenvalue weighted by Crippen LogP contribution is 2.11. The van der Waals surface area contributed by atoms with Gasteiger partial charge in [-0.3, -0.25) is 4.99 Å². The van der Waals surface area contributed by atoms with Gasteiger partial charge in [0.15, 0.2) is 5.96 Å². The van der Waals surface area contributed by atoms with E-state index in [1.54, 1.807) is 0 Å². The lowest BCUT2D eigenvalue weighted by Crippen LogP contribution is -2.41. The molecule has 0 aliphatic carbocycles. The van der Waals surface area contributed by atoms with Crippen LogP contribution in [0.1, 0.15) is 18.4 Å². The van der Waals surface area contributed by atoms with Gasteiger partial charge < -0.3 is 15.0 Å². The van der Waals surface area contributed by atoms with E-state index in [-0.39, 0.29) is 0 Å². The zero-order valence-electron chi connectivity index (χ0n) is 14.3. The molecule has 0 heterocycles. The largest absolute Gasteiger partial charge is 0.492 e. The van der Waals surface area contributed by atoms with Crippen LogP contribution in [-0.4, -0.2) is 56.7 Å². The monoisotopic (exact) mass is 323 g/mol. The minimum Gasteiger partial charge on any atom is -0.492 e. The van der Waals surface area contributed by atoms with Gasteiger partial charge in [0.1, 0.15) is 12.4 Å². The Bertz CT molecular complexity index is 434. The van der Waals surface area contributed by atoms with E-state index in [2.05, 4.69) is 40.5 Å². The lowest BCUT2D eigenvalue weighted by molar-refractivity contribution is 0.281. The number of rotatable bonds is 9. The van der Waals surface area contributed by atoms with E-state index in [0.29, 0.717) is 6.61 Å². The molecule has 0 radical (unpaired) electrons. The lowest BCUT2D eigenvalue weighted by atomic mass is 10.2. The Kier molecular flexibility index (Phi) is 9.55. The maximum atomic E-state index is 5.76. The minimum atomic E-state index is 0.646. The summed E-state index contributed by atoms with van der Waals surface area (Å²) in [6.07, 6.45) is 4.56. The third-order valence-electron chi connectivity index (χ3n) is 3.35. The number of unbranched alkanes of at least 4 members (excludes halogenated alkanes) is 1. The van der Waals surface area contributed by atoms with E-state index >= 15 is 0 Å². The van der Waals surface area contributed by atoms with Crippen molar-refractivity contribution in [1.82, 2.24) is 10.2 Å². The molecule has 0 bridgehead atoms. The topological polar surface area (TPSA) is 36.9 Å². The fourth-order valence-electron chi connectivity index (χ4n) is 2.00. The summed E-state index contributed by atoms with van der Waals surface area (Å²) in [6, 6.07) is 8.14. The first kappa shape index (κ1) is 18.7. The molecule has 5 heteroatoms. The summed E-state index contributed by atoms with van der Waals surface area (Å²) in [4.78, 5) is 6.41. The molecule has 1 aromatic carbocycles. The lowest BCUT2D eigenvalue weighted by Gasteiger charge is -2.22. The van der Waals surface area contributed by atoms with Gasteiger partial charge in [-0.25, -0.2) is 0 Å². The van der Waals surface area contributed by atoms with Crippen molar-refractivity contribution in [3.8, 4) is 5.75 Å². The fourth-order valence-corrected chi connectivity index (χ4v) is 2.49. The first-order valence-corrected chi connectivity index (χ1v) is 9.17. The second kappa shape index (κ2) is 11.2. The molecule has 0 unspecified atom stereocenters. The Balaban J connectivity index is 2.23. The Hall–Kier alpha value is -1.36. The maximum Gasteiger partial charge on any atom is 0.193 e. The molecule has 0 spiro atoms. The predicted molar refractivity (Wildman–Crippen MR) is 98.3 cm³/mol. The molecule has 0 fully saturated rings. The number of ether oxygens (including phenoxy) is 1. The third-order valence-corrected chi connectivity index (χ3v) is 4.05. The number of aryl methyl sites for hydroxylation is 1. The van der Waals surface area contributed by atoms with Crippen LogP contribution in [-0.2, 0) is 0 Å². The van der Waals surface area contributed by atoms with E-state index in [4.69, 9.17) is 4.74 Å². The van der Waals surface area contributed by atoms with Crippen molar-refractivity contribution < 1.29 is 4.74 Å². The van der Waals surface area contributed by atoms with Gasteiger partial charge in [0.25, 0.3) is 0 Å². The second-order valence-electron chi connectivity index (χ2n) is 5.26. The Morgan fingerprint density at radius 2 is 2.00 bits per heavy atom. The summed E-state index contributed by atoms with van der Waals surface area (Å²) in [7, 11) is 3.86. The van der Waals surface area contributed by atoms with E-state index in [1.165, 1.54) is 24.2 Å². The van der Waals surface area contributed by atoms with Crippen molar-refractivity contribution in [2.24, 2.45) is 4.99 Å². The molecule has 0 saturated carbocycles. The normalized spacial score (nSPS) is 11.4. The van der Waals surface area contributed by atoms with Gasteiger partial charge in [0.05, 0.1) is 6.54 Å². The number of likely N-dealkylation sites (N-methyl/N-ethyl adjacent to an activating group) is 1. The third kappa shape index (κ3) is 7.59. The average Bonchev–Trinajstić information content (AvgIpc) is 2.52. The number of hydrogen-bond donors (Lipinski definition) is 1. The first-order valence-electron chi connectivity index (χ1n) is 7.77. The molecule has 4 nitrogen and oxygen atoms in total. The van der Waals surface area contributed by atoms with E-state index in [0.717, 1.165) is 24.8 Å². The van der Waals surface area contributed by atoms with Crippen molar-refractivity contribution in [2.75, 3.05) is 45.8 Å². The SMILES string of the molecule is CN=C(NCCCCSC)N(C)CCOc1ccc(C)cc1. The van der Waals surface area contributed by atoms with E-state index in [1.807, 2.05) is 38.0 Å². The van der Waals surface area contributed by atoms with Gasteiger partial charge in [-0.05, 0) is 43.9 Å². The van der Waals surface area contributed by atoms with Crippen LogP contribution in [0.3, 0.4) is 0 Å². The molecule has 0 aromatic heterocycles. The predicted octanol–water partition coefficient (Wildman–Crippen LogP) is 3.02. The Morgan fingerprint density at radius 3 is 2.64 bits per heavy atom. The number of guanidine groups is 1. The van der Waals surface area contributed by atoms with E-state index in [9.17, 15) is 0 Å². The maximum absolute atomic E-state index is 5.76. The molecule has 0 saturated heterocycles. The van der Waals surface area contributed by atoms with Crippen LogP contribution in [0.25, 0.3) is 0 Å². The molecular formula is C17H29N3OS. The molecule has 22 heavy (non-hydrogen) atoms. The van der Waals surface area contributed by atoms with Crippen LogP contribution in [0.2, 0.25) is 0 Å². The molecule has 0 amide bonds. The number of benzene rings is 1. The highest BCUT2D eigenvalue weighted by molar-refractivity contribution is 7.98. The quantitative estimate of drug-likeness (QED) is 0.430.